The zero-order valence-electron chi connectivity index (χ0n) is 18.3. The number of H-pyrrole nitrogens is 1. The number of hydrogen-bond donors (Lipinski definition) is 1. The van der Waals surface area contributed by atoms with Crippen LogP contribution in [0, 0.1) is 0 Å². The number of hydrogen-bond acceptors (Lipinski definition) is 1. The summed E-state index contributed by atoms with van der Waals surface area (Å²) in [7, 11) is 4.34. The van der Waals surface area contributed by atoms with E-state index < -0.39 is 0 Å². The molecule has 0 radical (unpaired) electrons. The van der Waals surface area contributed by atoms with E-state index in [1.54, 1.807) is 0 Å². The Bertz CT molecular complexity index is 302. The molecule has 0 saturated heterocycles. The lowest BCUT2D eigenvalue weighted by atomic mass is 10.0. The fourth-order valence-corrected chi connectivity index (χ4v) is 3.25. The third-order valence-electron chi connectivity index (χ3n) is 4.95. The van der Waals surface area contributed by atoms with Gasteiger partial charge in [-0.15, -0.1) is 0 Å². The highest BCUT2D eigenvalue weighted by Crippen LogP contribution is 2.13. The van der Waals surface area contributed by atoms with Crippen molar-refractivity contribution in [2.45, 2.75) is 110 Å². The maximum Gasteiger partial charge on any atom is 0.000496 e. The average molecular weight is 365 g/mol. The largest absolute Gasteiger partial charge is 0.368 e. The molecule has 0 aliphatic rings. The SMILES string of the molecule is CCCCCCCCCCCCCCCCCCN(C)C.c1cc[nH]c1. The van der Waals surface area contributed by atoms with Crippen LogP contribution in [-0.2, 0) is 0 Å². The Morgan fingerprint density at radius 3 is 1.15 bits per heavy atom. The molecule has 1 aromatic rings. The van der Waals surface area contributed by atoms with Gasteiger partial charge in [0.25, 0.3) is 0 Å². The van der Waals surface area contributed by atoms with E-state index in [1.807, 2.05) is 24.5 Å². The van der Waals surface area contributed by atoms with Crippen LogP contribution in [-0.4, -0.2) is 30.5 Å². The van der Waals surface area contributed by atoms with Gasteiger partial charge in [-0.05, 0) is 39.2 Å². The smallest absolute Gasteiger partial charge is 0.000496 e. The summed E-state index contributed by atoms with van der Waals surface area (Å²) < 4.78 is 0. The summed E-state index contributed by atoms with van der Waals surface area (Å²) in [6, 6.07) is 3.89. The van der Waals surface area contributed by atoms with Crippen LogP contribution in [0.4, 0.5) is 0 Å². The van der Waals surface area contributed by atoms with Crippen molar-refractivity contribution in [3.63, 3.8) is 0 Å². The molecule has 0 fully saturated rings. The van der Waals surface area contributed by atoms with Crippen LogP contribution in [0.5, 0.6) is 0 Å². The molecule has 1 heterocycles. The Labute approximate surface area is 165 Å². The van der Waals surface area contributed by atoms with Crippen molar-refractivity contribution < 1.29 is 0 Å². The molecule has 1 rings (SSSR count). The van der Waals surface area contributed by atoms with Crippen molar-refractivity contribution in [1.82, 2.24) is 9.88 Å². The second kappa shape index (κ2) is 22.3. The molecule has 0 atom stereocenters. The van der Waals surface area contributed by atoms with Gasteiger partial charge in [0.1, 0.15) is 0 Å². The summed E-state index contributed by atoms with van der Waals surface area (Å²) in [5.74, 6) is 0. The van der Waals surface area contributed by atoms with E-state index >= 15 is 0 Å². The number of rotatable bonds is 17. The monoisotopic (exact) mass is 364 g/mol. The van der Waals surface area contributed by atoms with Gasteiger partial charge in [-0.2, -0.15) is 0 Å². The predicted molar refractivity (Wildman–Crippen MR) is 119 cm³/mol. The summed E-state index contributed by atoms with van der Waals surface area (Å²) in [6.45, 7) is 3.56. The van der Waals surface area contributed by atoms with E-state index in [4.69, 9.17) is 0 Å². The van der Waals surface area contributed by atoms with Gasteiger partial charge in [-0.3, -0.25) is 0 Å². The van der Waals surface area contributed by atoms with Gasteiger partial charge in [0.15, 0.2) is 0 Å². The topological polar surface area (TPSA) is 19.0 Å². The van der Waals surface area contributed by atoms with Crippen molar-refractivity contribution in [3.05, 3.63) is 24.5 Å². The highest BCUT2D eigenvalue weighted by atomic mass is 15.0. The first-order valence-electron chi connectivity index (χ1n) is 11.5. The fourth-order valence-electron chi connectivity index (χ4n) is 3.25. The lowest BCUT2D eigenvalue weighted by molar-refractivity contribution is 0.389. The first-order valence-corrected chi connectivity index (χ1v) is 11.5. The highest BCUT2D eigenvalue weighted by molar-refractivity contribution is 4.84. The van der Waals surface area contributed by atoms with Gasteiger partial charge in [0.05, 0.1) is 0 Å². The minimum absolute atomic E-state index is 1.26. The van der Waals surface area contributed by atoms with E-state index in [1.165, 1.54) is 109 Å². The first-order chi connectivity index (χ1) is 12.8. The van der Waals surface area contributed by atoms with Crippen molar-refractivity contribution in [2.75, 3.05) is 20.6 Å². The molecule has 1 N–H and O–H groups in total. The maximum absolute atomic E-state index is 2.86. The molecule has 0 saturated carbocycles. The lowest BCUT2D eigenvalue weighted by Crippen LogP contribution is -2.12. The van der Waals surface area contributed by atoms with Crippen LogP contribution < -0.4 is 0 Å². The van der Waals surface area contributed by atoms with Crippen molar-refractivity contribution >= 4 is 0 Å². The second-order valence-corrected chi connectivity index (χ2v) is 7.99. The first kappa shape index (κ1) is 25.2. The van der Waals surface area contributed by atoms with E-state index in [-0.39, 0.29) is 0 Å². The molecular weight excluding hydrogens is 316 g/mol. The van der Waals surface area contributed by atoms with E-state index in [9.17, 15) is 0 Å². The molecular formula is C24H48N2. The summed E-state index contributed by atoms with van der Waals surface area (Å²) in [5, 5.41) is 0. The van der Waals surface area contributed by atoms with Crippen LogP contribution in [0.15, 0.2) is 24.5 Å². The molecule has 0 aliphatic carbocycles. The normalized spacial score (nSPS) is 10.8. The average Bonchev–Trinajstić information content (AvgIpc) is 3.21. The molecule has 2 nitrogen and oxygen atoms in total. The fraction of sp³-hybridized carbons (Fsp3) is 0.833. The number of unbranched alkanes of at least 4 members (excludes halogenated alkanes) is 15. The summed E-state index contributed by atoms with van der Waals surface area (Å²) in [5.41, 5.74) is 0. The number of aromatic amines is 1. The second-order valence-electron chi connectivity index (χ2n) is 7.99. The summed E-state index contributed by atoms with van der Waals surface area (Å²) in [4.78, 5) is 5.16. The van der Waals surface area contributed by atoms with Gasteiger partial charge in [-0.25, -0.2) is 0 Å². The molecule has 0 unspecified atom stereocenters. The Kier molecular flexibility index (Phi) is 21.6. The quantitative estimate of drug-likeness (QED) is 0.279. The van der Waals surface area contributed by atoms with Crippen LogP contribution >= 0.6 is 0 Å². The van der Waals surface area contributed by atoms with Crippen molar-refractivity contribution in [3.8, 4) is 0 Å². The predicted octanol–water partition coefficient (Wildman–Crippen LogP) is 7.82. The Morgan fingerprint density at radius 2 is 0.885 bits per heavy atom. The Morgan fingerprint density at radius 1 is 0.538 bits per heavy atom. The van der Waals surface area contributed by atoms with Gasteiger partial charge in [0.2, 0.25) is 0 Å². The third kappa shape index (κ3) is 23.2. The molecule has 0 bridgehead atoms. The number of nitrogens with zero attached hydrogens (tertiary/aromatic N) is 1. The van der Waals surface area contributed by atoms with Gasteiger partial charge in [0, 0.05) is 12.4 Å². The third-order valence-corrected chi connectivity index (χ3v) is 4.95. The van der Waals surface area contributed by atoms with Crippen molar-refractivity contribution in [2.24, 2.45) is 0 Å². The Hall–Kier alpha value is -0.760. The number of nitrogens with one attached hydrogen (secondary N) is 1. The van der Waals surface area contributed by atoms with Crippen LogP contribution in [0.25, 0.3) is 0 Å². The lowest BCUT2D eigenvalue weighted by Gasteiger charge is -2.08. The number of aromatic nitrogens is 1. The highest BCUT2D eigenvalue weighted by Gasteiger charge is 1.95. The Balaban J connectivity index is 0.00000106. The maximum atomic E-state index is 2.86. The minimum Gasteiger partial charge on any atom is -0.368 e. The molecule has 2 heteroatoms. The molecule has 0 amide bonds. The van der Waals surface area contributed by atoms with E-state index in [0.29, 0.717) is 0 Å². The van der Waals surface area contributed by atoms with Gasteiger partial charge >= 0.3 is 0 Å². The van der Waals surface area contributed by atoms with Gasteiger partial charge in [-0.1, -0.05) is 103 Å². The van der Waals surface area contributed by atoms with Crippen molar-refractivity contribution in [1.29, 1.82) is 0 Å². The molecule has 26 heavy (non-hydrogen) atoms. The van der Waals surface area contributed by atoms with E-state index in [2.05, 4.69) is 30.9 Å². The molecule has 0 aliphatic heterocycles. The van der Waals surface area contributed by atoms with Crippen LogP contribution in [0.1, 0.15) is 110 Å². The van der Waals surface area contributed by atoms with E-state index in [0.717, 1.165) is 0 Å². The van der Waals surface area contributed by atoms with Crippen LogP contribution in [0.2, 0.25) is 0 Å². The molecule has 0 aromatic carbocycles. The summed E-state index contributed by atoms with van der Waals surface area (Å²) >= 11 is 0. The van der Waals surface area contributed by atoms with Gasteiger partial charge < -0.3 is 9.88 Å². The van der Waals surface area contributed by atoms with Crippen LogP contribution in [0.3, 0.4) is 0 Å². The zero-order valence-corrected chi connectivity index (χ0v) is 18.3. The summed E-state index contributed by atoms with van der Waals surface area (Å²) in [6.07, 6.45) is 27.1. The standard InChI is InChI=1S/C20H43N.C4H5N/c1-4-5-6-7-8-9-10-11-12-13-14-15-16-17-18-19-20-21(2)3;1-2-4-5-3-1/h4-20H2,1-3H3;1-5H. The molecule has 1 aromatic heterocycles. The minimum atomic E-state index is 1.26. The molecule has 0 spiro atoms. The zero-order chi connectivity index (χ0) is 19.1. The molecule has 154 valence electrons.